The highest BCUT2D eigenvalue weighted by atomic mass is 16.7. The van der Waals surface area contributed by atoms with E-state index in [4.69, 9.17) is 9.47 Å². The maximum absolute atomic E-state index is 11.8. The average Bonchev–Trinajstić information content (AvgIpc) is 2.39. The Hall–Kier alpha value is -1.66. The van der Waals surface area contributed by atoms with Crippen LogP contribution in [0.4, 0.5) is 0 Å². The number of hydrogen-bond acceptors (Lipinski definition) is 5. The molecule has 1 aromatic heterocycles. The van der Waals surface area contributed by atoms with Crippen molar-refractivity contribution >= 4 is 5.97 Å². The molecule has 0 saturated carbocycles. The molecule has 2 rings (SSSR count). The first-order chi connectivity index (χ1) is 8.69. The van der Waals surface area contributed by atoms with Crippen LogP contribution in [-0.2, 0) is 9.47 Å². The van der Waals surface area contributed by atoms with Crippen molar-refractivity contribution in [3.63, 3.8) is 0 Å². The number of H-pyrrole nitrogens is 1. The van der Waals surface area contributed by atoms with Gasteiger partial charge in [-0.25, -0.2) is 4.79 Å². The number of nitrogens with one attached hydrogen (secondary N) is 1. The van der Waals surface area contributed by atoms with E-state index in [1.165, 1.54) is 18.3 Å². The molecule has 18 heavy (non-hydrogen) atoms. The van der Waals surface area contributed by atoms with Crippen LogP contribution in [0.15, 0.2) is 23.1 Å². The van der Waals surface area contributed by atoms with Gasteiger partial charge < -0.3 is 14.5 Å². The molecular formula is C12H16N2O4. The van der Waals surface area contributed by atoms with Gasteiger partial charge in [-0.05, 0) is 12.6 Å². The lowest BCUT2D eigenvalue weighted by atomic mass is 10.3. The summed E-state index contributed by atoms with van der Waals surface area (Å²) in [6.45, 7) is 4.93. The number of nitrogens with zero attached hydrogens (tertiary/aromatic N) is 1. The number of ether oxygens (including phenoxy) is 2. The van der Waals surface area contributed by atoms with Gasteiger partial charge in [0.2, 0.25) is 11.8 Å². The van der Waals surface area contributed by atoms with Crippen LogP contribution in [0.1, 0.15) is 17.3 Å². The Kier molecular flexibility index (Phi) is 4.11. The minimum Gasteiger partial charge on any atom is -0.431 e. The molecule has 1 atom stereocenters. The molecule has 0 aliphatic carbocycles. The highest BCUT2D eigenvalue weighted by Crippen LogP contribution is 2.08. The smallest absolute Gasteiger partial charge is 0.341 e. The number of aromatic nitrogens is 1. The summed E-state index contributed by atoms with van der Waals surface area (Å²) in [5, 5.41) is 0. The summed E-state index contributed by atoms with van der Waals surface area (Å²) >= 11 is 0. The van der Waals surface area contributed by atoms with Crippen molar-refractivity contribution in [2.75, 3.05) is 26.2 Å². The van der Waals surface area contributed by atoms with Crippen LogP contribution >= 0.6 is 0 Å². The molecule has 1 unspecified atom stereocenters. The molecule has 0 bridgehead atoms. The Labute approximate surface area is 105 Å². The number of carbonyl (C=O) groups excluding carboxylic acids is 1. The maximum atomic E-state index is 11.8. The second kappa shape index (κ2) is 5.79. The molecule has 1 saturated heterocycles. The second-order valence-corrected chi connectivity index (χ2v) is 4.04. The van der Waals surface area contributed by atoms with E-state index >= 15 is 0 Å². The molecule has 98 valence electrons. The van der Waals surface area contributed by atoms with Crippen LogP contribution in [0.3, 0.4) is 0 Å². The zero-order valence-electron chi connectivity index (χ0n) is 10.2. The Balaban J connectivity index is 1.94. The highest BCUT2D eigenvalue weighted by Gasteiger charge is 2.23. The zero-order chi connectivity index (χ0) is 13.0. The first kappa shape index (κ1) is 12.8. The van der Waals surface area contributed by atoms with Gasteiger partial charge in [-0.15, -0.1) is 0 Å². The van der Waals surface area contributed by atoms with Crippen molar-refractivity contribution in [1.29, 1.82) is 0 Å². The number of aromatic amines is 1. The predicted molar refractivity (Wildman–Crippen MR) is 64.3 cm³/mol. The molecule has 0 radical (unpaired) electrons. The molecule has 6 heteroatoms. The summed E-state index contributed by atoms with van der Waals surface area (Å²) in [7, 11) is 0. The Morgan fingerprint density at radius 2 is 2.44 bits per heavy atom. The first-order valence-corrected chi connectivity index (χ1v) is 5.92. The van der Waals surface area contributed by atoms with Gasteiger partial charge in [0.15, 0.2) is 0 Å². The fourth-order valence-electron chi connectivity index (χ4n) is 1.75. The van der Waals surface area contributed by atoms with Crippen molar-refractivity contribution < 1.29 is 14.3 Å². The van der Waals surface area contributed by atoms with Gasteiger partial charge in [0.1, 0.15) is 0 Å². The fraction of sp³-hybridized carbons (Fsp3) is 0.500. The van der Waals surface area contributed by atoms with Crippen LogP contribution in [0.5, 0.6) is 0 Å². The summed E-state index contributed by atoms with van der Waals surface area (Å²) in [4.78, 5) is 27.2. The number of likely N-dealkylation sites (N-methyl/N-ethyl adjacent to an activating group) is 1. The standard InChI is InChI=1S/C12H16N2O4/c1-2-14-5-6-17-11(8-14)18-12(16)9-3-4-10(15)13-7-9/h3-4,7,11H,2,5-6,8H2,1H3,(H,13,15). The lowest BCUT2D eigenvalue weighted by Gasteiger charge is -2.31. The first-order valence-electron chi connectivity index (χ1n) is 5.92. The van der Waals surface area contributed by atoms with Crippen molar-refractivity contribution in [3.05, 3.63) is 34.2 Å². The van der Waals surface area contributed by atoms with Gasteiger partial charge >= 0.3 is 5.97 Å². The SMILES string of the molecule is CCN1CCOC(OC(=O)c2ccc(=O)[nH]c2)C1. The Morgan fingerprint density at radius 1 is 1.61 bits per heavy atom. The van der Waals surface area contributed by atoms with Crippen LogP contribution in [0.25, 0.3) is 0 Å². The predicted octanol–water partition coefficient (Wildman–Crippen LogP) is 0.210. The lowest BCUT2D eigenvalue weighted by Crippen LogP contribution is -2.44. The molecule has 1 aliphatic rings. The minimum absolute atomic E-state index is 0.252. The summed E-state index contributed by atoms with van der Waals surface area (Å²) < 4.78 is 10.6. The maximum Gasteiger partial charge on any atom is 0.341 e. The minimum atomic E-state index is -0.543. The van der Waals surface area contributed by atoms with Gasteiger partial charge in [0.25, 0.3) is 0 Å². The molecule has 2 heterocycles. The number of morpholine rings is 1. The van der Waals surface area contributed by atoms with Crippen molar-refractivity contribution in [2.45, 2.75) is 13.2 Å². The molecule has 1 aromatic rings. The second-order valence-electron chi connectivity index (χ2n) is 4.04. The summed E-state index contributed by atoms with van der Waals surface area (Å²) in [5.74, 6) is -0.491. The number of rotatable bonds is 3. The van der Waals surface area contributed by atoms with Crippen LogP contribution in [0.2, 0.25) is 0 Å². The van der Waals surface area contributed by atoms with E-state index in [1.807, 2.05) is 6.92 Å². The van der Waals surface area contributed by atoms with E-state index in [-0.39, 0.29) is 5.56 Å². The normalized spacial score (nSPS) is 20.6. The van der Waals surface area contributed by atoms with Gasteiger partial charge in [0, 0.05) is 18.8 Å². The van der Waals surface area contributed by atoms with Crippen molar-refractivity contribution in [1.82, 2.24) is 9.88 Å². The molecule has 1 aliphatic heterocycles. The highest BCUT2D eigenvalue weighted by molar-refractivity contribution is 5.88. The molecule has 1 N–H and O–H groups in total. The van der Waals surface area contributed by atoms with E-state index in [9.17, 15) is 9.59 Å². The molecular weight excluding hydrogens is 236 g/mol. The molecule has 0 amide bonds. The third-order valence-electron chi connectivity index (χ3n) is 2.82. The van der Waals surface area contributed by atoms with Crippen LogP contribution in [-0.4, -0.2) is 48.4 Å². The summed E-state index contributed by atoms with van der Waals surface area (Å²) in [6.07, 6.45) is 0.795. The van der Waals surface area contributed by atoms with Crippen molar-refractivity contribution in [3.8, 4) is 0 Å². The number of carbonyl (C=O) groups is 1. The van der Waals surface area contributed by atoms with Gasteiger partial charge in [0.05, 0.1) is 18.7 Å². The van der Waals surface area contributed by atoms with Crippen molar-refractivity contribution in [2.24, 2.45) is 0 Å². The topological polar surface area (TPSA) is 71.6 Å². The van der Waals surface area contributed by atoms with E-state index in [2.05, 4.69) is 9.88 Å². The van der Waals surface area contributed by atoms with E-state index in [1.54, 1.807) is 0 Å². The Bertz CT molecular complexity index is 451. The van der Waals surface area contributed by atoms with Gasteiger partial charge in [-0.3, -0.25) is 9.69 Å². The molecule has 6 nitrogen and oxygen atoms in total. The molecule has 0 aromatic carbocycles. The quantitative estimate of drug-likeness (QED) is 0.779. The summed E-state index contributed by atoms with van der Waals surface area (Å²) in [6, 6.07) is 2.72. The molecule has 1 fully saturated rings. The lowest BCUT2D eigenvalue weighted by molar-refractivity contribution is -0.150. The van der Waals surface area contributed by atoms with Crippen LogP contribution in [0, 0.1) is 0 Å². The van der Waals surface area contributed by atoms with E-state index < -0.39 is 12.3 Å². The third-order valence-corrected chi connectivity index (χ3v) is 2.82. The summed E-state index contributed by atoms with van der Waals surface area (Å²) in [5.41, 5.74) is 0.0597. The Morgan fingerprint density at radius 3 is 3.11 bits per heavy atom. The average molecular weight is 252 g/mol. The number of pyridine rings is 1. The monoisotopic (exact) mass is 252 g/mol. The molecule has 0 spiro atoms. The largest absolute Gasteiger partial charge is 0.431 e. The third kappa shape index (κ3) is 3.18. The number of esters is 1. The van der Waals surface area contributed by atoms with E-state index in [0.29, 0.717) is 18.7 Å². The van der Waals surface area contributed by atoms with E-state index in [0.717, 1.165) is 13.1 Å². The van der Waals surface area contributed by atoms with Gasteiger partial charge in [-0.1, -0.05) is 6.92 Å². The van der Waals surface area contributed by atoms with Crippen LogP contribution < -0.4 is 5.56 Å². The van der Waals surface area contributed by atoms with Gasteiger partial charge in [-0.2, -0.15) is 0 Å². The zero-order valence-corrected chi connectivity index (χ0v) is 10.2. The number of hydrogen-bond donors (Lipinski definition) is 1. The fourth-order valence-corrected chi connectivity index (χ4v) is 1.75.